The van der Waals surface area contributed by atoms with Crippen molar-refractivity contribution < 1.29 is 4.42 Å². The number of nitrogens with zero attached hydrogens (tertiary/aromatic N) is 1. The van der Waals surface area contributed by atoms with E-state index in [0.717, 1.165) is 33.2 Å². The van der Waals surface area contributed by atoms with Gasteiger partial charge in [-0.25, -0.2) is 0 Å². The second-order valence-electron chi connectivity index (χ2n) is 8.16. The molecule has 0 saturated heterocycles. The number of rotatable bonds is 1. The second-order valence-corrected chi connectivity index (χ2v) is 8.16. The molecule has 2 aromatic heterocycles. The summed E-state index contributed by atoms with van der Waals surface area (Å²) in [6.45, 7) is 6.61. The molecule has 0 radical (unpaired) electrons. The number of para-hydroxylation sites is 1. The van der Waals surface area contributed by atoms with Crippen molar-refractivity contribution in [2.75, 3.05) is 0 Å². The van der Waals surface area contributed by atoms with E-state index in [-0.39, 0.29) is 5.41 Å². The third-order valence-electron chi connectivity index (χ3n) is 5.27. The molecule has 5 rings (SSSR count). The Morgan fingerprint density at radius 2 is 1.56 bits per heavy atom. The second kappa shape index (κ2) is 5.68. The molecule has 0 fully saturated rings. The normalized spacial score (nSPS) is 12.3. The number of benzene rings is 3. The molecule has 0 aliphatic rings. The Balaban J connectivity index is 1.74. The predicted molar refractivity (Wildman–Crippen MR) is 113 cm³/mol. The first-order chi connectivity index (χ1) is 13.0. The first kappa shape index (κ1) is 16.1. The van der Waals surface area contributed by atoms with Gasteiger partial charge in [0.25, 0.3) is 0 Å². The van der Waals surface area contributed by atoms with Crippen LogP contribution in [0.15, 0.2) is 77.3 Å². The van der Waals surface area contributed by atoms with E-state index in [9.17, 15) is 0 Å². The van der Waals surface area contributed by atoms with Crippen LogP contribution in [0.5, 0.6) is 0 Å². The van der Waals surface area contributed by atoms with Gasteiger partial charge in [-0.2, -0.15) is 0 Å². The summed E-state index contributed by atoms with van der Waals surface area (Å²) in [6, 6.07) is 23.3. The van der Waals surface area contributed by atoms with Crippen LogP contribution < -0.4 is 0 Å². The number of hydrogen-bond donors (Lipinski definition) is 0. The van der Waals surface area contributed by atoms with Crippen LogP contribution >= 0.6 is 0 Å². The number of aromatic nitrogens is 1. The molecule has 0 aliphatic carbocycles. The van der Waals surface area contributed by atoms with Crippen LogP contribution in [-0.4, -0.2) is 4.98 Å². The van der Waals surface area contributed by atoms with E-state index in [0.29, 0.717) is 0 Å². The minimum Gasteiger partial charge on any atom is -0.455 e. The predicted octanol–water partition coefficient (Wildman–Crippen LogP) is 7.10. The van der Waals surface area contributed by atoms with Gasteiger partial charge in [-0.3, -0.25) is 4.98 Å². The quantitative estimate of drug-likeness (QED) is 0.322. The van der Waals surface area contributed by atoms with Crippen molar-refractivity contribution in [3.05, 3.63) is 78.5 Å². The highest BCUT2D eigenvalue weighted by molar-refractivity contribution is 6.12. The fourth-order valence-electron chi connectivity index (χ4n) is 3.68. The van der Waals surface area contributed by atoms with E-state index in [4.69, 9.17) is 9.40 Å². The van der Waals surface area contributed by atoms with E-state index in [2.05, 4.69) is 87.5 Å². The molecule has 0 spiro atoms. The average Bonchev–Trinajstić information content (AvgIpc) is 3.03. The largest absolute Gasteiger partial charge is 0.455 e. The van der Waals surface area contributed by atoms with Gasteiger partial charge in [-0.05, 0) is 46.0 Å². The van der Waals surface area contributed by atoms with E-state index < -0.39 is 0 Å². The van der Waals surface area contributed by atoms with Crippen molar-refractivity contribution >= 4 is 32.7 Å². The Hall–Kier alpha value is -3.13. The van der Waals surface area contributed by atoms with Crippen LogP contribution in [0.1, 0.15) is 26.3 Å². The van der Waals surface area contributed by atoms with Crippen LogP contribution in [0.4, 0.5) is 0 Å². The third-order valence-corrected chi connectivity index (χ3v) is 5.27. The molecular weight excluding hydrogens is 330 g/mol. The van der Waals surface area contributed by atoms with Gasteiger partial charge in [0.05, 0.1) is 5.69 Å². The highest BCUT2D eigenvalue weighted by atomic mass is 16.3. The fourth-order valence-corrected chi connectivity index (χ4v) is 3.68. The molecule has 0 aliphatic heterocycles. The van der Waals surface area contributed by atoms with Crippen LogP contribution in [0.3, 0.4) is 0 Å². The minimum absolute atomic E-state index is 0.0943. The molecule has 3 aromatic carbocycles. The first-order valence-corrected chi connectivity index (χ1v) is 9.32. The minimum atomic E-state index is 0.0943. The van der Waals surface area contributed by atoms with Gasteiger partial charge in [0.1, 0.15) is 11.2 Å². The summed E-state index contributed by atoms with van der Waals surface area (Å²) < 4.78 is 6.30. The van der Waals surface area contributed by atoms with E-state index in [1.165, 1.54) is 16.3 Å². The van der Waals surface area contributed by atoms with Crippen LogP contribution in [0.25, 0.3) is 44.0 Å². The first-order valence-electron chi connectivity index (χ1n) is 9.32. The summed E-state index contributed by atoms with van der Waals surface area (Å²) >= 11 is 0. The zero-order valence-corrected chi connectivity index (χ0v) is 15.8. The molecular formula is C25H21NO. The van der Waals surface area contributed by atoms with Crippen molar-refractivity contribution in [3.8, 4) is 11.3 Å². The summed E-state index contributed by atoms with van der Waals surface area (Å²) in [5.41, 5.74) is 5.12. The maximum atomic E-state index is 6.30. The zero-order valence-electron chi connectivity index (χ0n) is 15.8. The molecule has 5 aromatic rings. The SMILES string of the molecule is CC(C)(C)c1ccc(-c2cccc3c2oc2cc4ccccc4cc23)nc1. The van der Waals surface area contributed by atoms with E-state index in [1.54, 1.807) is 0 Å². The van der Waals surface area contributed by atoms with Crippen LogP contribution in [-0.2, 0) is 5.41 Å². The monoisotopic (exact) mass is 351 g/mol. The van der Waals surface area contributed by atoms with Gasteiger partial charge in [0, 0.05) is 22.5 Å². The molecule has 27 heavy (non-hydrogen) atoms. The van der Waals surface area contributed by atoms with Gasteiger partial charge in [-0.15, -0.1) is 0 Å². The molecule has 0 amide bonds. The molecule has 2 heterocycles. The van der Waals surface area contributed by atoms with Crippen LogP contribution in [0.2, 0.25) is 0 Å². The molecule has 0 saturated carbocycles. The number of furan rings is 1. The van der Waals surface area contributed by atoms with Crippen molar-refractivity contribution in [2.45, 2.75) is 26.2 Å². The van der Waals surface area contributed by atoms with Crippen molar-refractivity contribution in [3.63, 3.8) is 0 Å². The Bertz CT molecular complexity index is 1290. The summed E-state index contributed by atoms with van der Waals surface area (Å²) in [6.07, 6.45) is 1.98. The molecule has 0 bridgehead atoms. The average molecular weight is 351 g/mol. The van der Waals surface area contributed by atoms with E-state index >= 15 is 0 Å². The van der Waals surface area contributed by atoms with Crippen molar-refractivity contribution in [1.82, 2.24) is 4.98 Å². The Morgan fingerprint density at radius 3 is 2.26 bits per heavy atom. The molecule has 0 unspecified atom stereocenters. The molecule has 0 N–H and O–H groups in total. The topological polar surface area (TPSA) is 26.0 Å². The maximum absolute atomic E-state index is 6.30. The van der Waals surface area contributed by atoms with Crippen molar-refractivity contribution in [1.29, 1.82) is 0 Å². The fraction of sp³-hybridized carbons (Fsp3) is 0.160. The number of fused-ring (bicyclic) bond motifs is 4. The van der Waals surface area contributed by atoms with Gasteiger partial charge in [0.15, 0.2) is 0 Å². The van der Waals surface area contributed by atoms with Gasteiger partial charge in [-0.1, -0.05) is 63.2 Å². The Morgan fingerprint density at radius 1 is 0.778 bits per heavy atom. The van der Waals surface area contributed by atoms with Crippen molar-refractivity contribution in [2.24, 2.45) is 0 Å². The highest BCUT2D eigenvalue weighted by Gasteiger charge is 2.16. The molecule has 2 heteroatoms. The lowest BCUT2D eigenvalue weighted by Crippen LogP contribution is -2.11. The standard InChI is InChI=1S/C25H21NO/c1-25(2,3)18-11-12-22(26-15-18)20-10-6-9-19-21-13-16-7-4-5-8-17(16)14-23(21)27-24(19)20/h4-15H,1-3H3. The van der Waals surface area contributed by atoms with E-state index in [1.807, 2.05) is 6.20 Å². The van der Waals surface area contributed by atoms with Gasteiger partial charge < -0.3 is 4.42 Å². The highest BCUT2D eigenvalue weighted by Crippen LogP contribution is 2.37. The summed E-state index contributed by atoms with van der Waals surface area (Å²) in [4.78, 5) is 4.73. The third kappa shape index (κ3) is 2.60. The maximum Gasteiger partial charge on any atom is 0.144 e. The lowest BCUT2D eigenvalue weighted by atomic mass is 9.88. The number of pyridine rings is 1. The molecule has 2 nitrogen and oxygen atoms in total. The number of hydrogen-bond acceptors (Lipinski definition) is 2. The van der Waals surface area contributed by atoms with Gasteiger partial charge in [0.2, 0.25) is 0 Å². The Labute approximate surface area is 158 Å². The molecule has 132 valence electrons. The smallest absolute Gasteiger partial charge is 0.144 e. The summed E-state index contributed by atoms with van der Waals surface area (Å²) in [7, 11) is 0. The molecule has 0 atom stereocenters. The lowest BCUT2D eigenvalue weighted by molar-refractivity contribution is 0.587. The van der Waals surface area contributed by atoms with Gasteiger partial charge >= 0.3 is 0 Å². The zero-order chi connectivity index (χ0) is 18.6. The summed E-state index contributed by atoms with van der Waals surface area (Å²) in [5.74, 6) is 0. The van der Waals surface area contributed by atoms with Crippen LogP contribution in [0, 0.1) is 0 Å². The Kier molecular flexibility index (Phi) is 3.38. The lowest BCUT2D eigenvalue weighted by Gasteiger charge is -2.18. The summed E-state index contributed by atoms with van der Waals surface area (Å²) in [5, 5.41) is 4.70.